The van der Waals surface area contributed by atoms with Gasteiger partial charge in [-0.05, 0) is 42.5 Å². The number of nitrogen functional groups attached to an aromatic ring is 1. The van der Waals surface area contributed by atoms with Crippen LogP contribution in [0.5, 0.6) is 0 Å². The molecule has 1 aliphatic carbocycles. The molecule has 2 nitrogen and oxygen atoms in total. The molecule has 1 aliphatic rings. The van der Waals surface area contributed by atoms with Crippen LogP contribution < -0.4 is 11.5 Å². The lowest BCUT2D eigenvalue weighted by molar-refractivity contribution is 0.571. The largest absolute Gasteiger partial charge is 0.398 e. The van der Waals surface area contributed by atoms with Crippen molar-refractivity contribution >= 4 is 17.3 Å². The summed E-state index contributed by atoms with van der Waals surface area (Å²) in [5.41, 5.74) is 15.0. The number of rotatable bonds is 0. The topological polar surface area (TPSA) is 52.0 Å². The molecule has 0 bridgehead atoms. The number of nitrogens with two attached hydrogens (primary N) is 2. The van der Waals surface area contributed by atoms with Crippen LogP contribution in [0.1, 0.15) is 30.0 Å². The molecule has 1 aromatic rings. The highest BCUT2D eigenvalue weighted by atomic mass is 35.5. The highest BCUT2D eigenvalue weighted by Crippen LogP contribution is 2.33. The monoisotopic (exact) mass is 196 g/mol. The van der Waals surface area contributed by atoms with Crippen molar-refractivity contribution in [1.82, 2.24) is 0 Å². The second kappa shape index (κ2) is 3.20. The van der Waals surface area contributed by atoms with Crippen LogP contribution in [0.3, 0.4) is 0 Å². The van der Waals surface area contributed by atoms with Gasteiger partial charge in [0.05, 0.1) is 0 Å². The third-order valence-corrected chi connectivity index (χ3v) is 2.84. The van der Waals surface area contributed by atoms with Crippen molar-refractivity contribution in [3.8, 4) is 0 Å². The maximum atomic E-state index is 5.97. The number of hydrogen-bond acceptors (Lipinski definition) is 2. The van der Waals surface area contributed by atoms with Crippen LogP contribution >= 0.6 is 11.6 Å². The third-order valence-electron chi connectivity index (χ3n) is 2.63. The zero-order chi connectivity index (χ0) is 9.42. The van der Waals surface area contributed by atoms with Crippen LogP contribution in [0, 0.1) is 0 Å². The standard InChI is InChI=1S/C10H13ClN2/c11-6-4-8-7(10(13)5-6)2-1-3-9(8)12/h4-5,9H,1-3,12-13H2. The van der Waals surface area contributed by atoms with Gasteiger partial charge in [0.1, 0.15) is 0 Å². The van der Waals surface area contributed by atoms with E-state index in [9.17, 15) is 0 Å². The Bertz CT molecular complexity index is 336. The van der Waals surface area contributed by atoms with Crippen molar-refractivity contribution in [3.63, 3.8) is 0 Å². The molecule has 0 radical (unpaired) electrons. The summed E-state index contributed by atoms with van der Waals surface area (Å²) >= 11 is 5.91. The Morgan fingerprint density at radius 2 is 2.15 bits per heavy atom. The minimum Gasteiger partial charge on any atom is -0.398 e. The molecular weight excluding hydrogens is 184 g/mol. The SMILES string of the molecule is Nc1cc(Cl)cc2c1CCCC2N. The fraction of sp³-hybridized carbons (Fsp3) is 0.400. The molecule has 4 N–H and O–H groups in total. The van der Waals surface area contributed by atoms with Gasteiger partial charge in [0.15, 0.2) is 0 Å². The van der Waals surface area contributed by atoms with E-state index < -0.39 is 0 Å². The smallest absolute Gasteiger partial charge is 0.0429 e. The zero-order valence-corrected chi connectivity index (χ0v) is 8.14. The molecule has 3 heteroatoms. The maximum absolute atomic E-state index is 5.97. The van der Waals surface area contributed by atoms with Crippen LogP contribution in [0.2, 0.25) is 5.02 Å². The van der Waals surface area contributed by atoms with E-state index in [1.807, 2.05) is 6.07 Å². The van der Waals surface area contributed by atoms with E-state index in [1.165, 1.54) is 5.56 Å². The molecule has 70 valence electrons. The van der Waals surface area contributed by atoms with Gasteiger partial charge in [-0.1, -0.05) is 11.6 Å². The summed E-state index contributed by atoms with van der Waals surface area (Å²) < 4.78 is 0. The van der Waals surface area contributed by atoms with Gasteiger partial charge in [0.25, 0.3) is 0 Å². The molecular formula is C10H13ClN2. The number of anilines is 1. The van der Waals surface area contributed by atoms with Gasteiger partial charge < -0.3 is 11.5 Å². The fourth-order valence-electron chi connectivity index (χ4n) is 1.95. The summed E-state index contributed by atoms with van der Waals surface area (Å²) in [7, 11) is 0. The predicted octanol–water partition coefficient (Wildman–Crippen LogP) is 2.26. The van der Waals surface area contributed by atoms with E-state index in [-0.39, 0.29) is 6.04 Å². The van der Waals surface area contributed by atoms with Crippen molar-refractivity contribution in [2.75, 3.05) is 5.73 Å². The Labute approximate surface area is 82.9 Å². The van der Waals surface area contributed by atoms with Gasteiger partial charge in [0, 0.05) is 16.8 Å². The quantitative estimate of drug-likeness (QED) is 0.626. The third kappa shape index (κ3) is 1.52. The van der Waals surface area contributed by atoms with E-state index in [2.05, 4.69) is 0 Å². The summed E-state index contributed by atoms with van der Waals surface area (Å²) in [6, 6.07) is 3.86. The van der Waals surface area contributed by atoms with Crippen molar-refractivity contribution in [2.45, 2.75) is 25.3 Å². The van der Waals surface area contributed by atoms with Crippen LogP contribution in [0.4, 0.5) is 5.69 Å². The molecule has 0 spiro atoms. The molecule has 0 amide bonds. The molecule has 0 saturated heterocycles. The molecule has 0 aliphatic heterocycles. The van der Waals surface area contributed by atoms with E-state index in [4.69, 9.17) is 23.1 Å². The van der Waals surface area contributed by atoms with Gasteiger partial charge in [0.2, 0.25) is 0 Å². The van der Waals surface area contributed by atoms with Gasteiger partial charge in [-0.3, -0.25) is 0 Å². The molecule has 0 aromatic heterocycles. The molecule has 0 saturated carbocycles. The lowest BCUT2D eigenvalue weighted by Crippen LogP contribution is -2.18. The van der Waals surface area contributed by atoms with E-state index in [0.717, 1.165) is 30.5 Å². The van der Waals surface area contributed by atoms with Crippen molar-refractivity contribution in [3.05, 3.63) is 28.3 Å². The lowest BCUT2D eigenvalue weighted by atomic mass is 9.87. The molecule has 0 fully saturated rings. The second-order valence-electron chi connectivity index (χ2n) is 3.56. The molecule has 1 unspecified atom stereocenters. The van der Waals surface area contributed by atoms with Crippen molar-refractivity contribution in [1.29, 1.82) is 0 Å². The Balaban J connectivity index is 2.56. The van der Waals surface area contributed by atoms with Gasteiger partial charge in [-0.2, -0.15) is 0 Å². The average Bonchev–Trinajstić information content (AvgIpc) is 2.07. The minimum atomic E-state index is 0.116. The Hall–Kier alpha value is -0.730. The van der Waals surface area contributed by atoms with Crippen LogP contribution in [-0.4, -0.2) is 0 Å². The predicted molar refractivity (Wildman–Crippen MR) is 55.7 cm³/mol. The Morgan fingerprint density at radius 3 is 2.92 bits per heavy atom. The average molecular weight is 197 g/mol. The second-order valence-corrected chi connectivity index (χ2v) is 4.00. The number of halogens is 1. The molecule has 13 heavy (non-hydrogen) atoms. The van der Waals surface area contributed by atoms with Crippen LogP contribution in [0.25, 0.3) is 0 Å². The summed E-state index contributed by atoms with van der Waals surface area (Å²) in [6.07, 6.45) is 3.19. The molecule has 2 rings (SSSR count). The normalized spacial score (nSPS) is 21.2. The first-order valence-corrected chi connectivity index (χ1v) is 4.89. The molecule has 0 heterocycles. The first kappa shape index (κ1) is 8.85. The van der Waals surface area contributed by atoms with Crippen LogP contribution in [-0.2, 0) is 6.42 Å². The highest BCUT2D eigenvalue weighted by molar-refractivity contribution is 6.31. The summed E-state index contributed by atoms with van der Waals surface area (Å²) in [5.74, 6) is 0. The number of benzene rings is 1. The summed E-state index contributed by atoms with van der Waals surface area (Å²) in [5, 5.41) is 0.689. The van der Waals surface area contributed by atoms with E-state index in [1.54, 1.807) is 6.07 Å². The first-order chi connectivity index (χ1) is 6.18. The van der Waals surface area contributed by atoms with E-state index in [0.29, 0.717) is 5.02 Å². The van der Waals surface area contributed by atoms with Gasteiger partial charge in [-0.25, -0.2) is 0 Å². The van der Waals surface area contributed by atoms with Crippen molar-refractivity contribution < 1.29 is 0 Å². The number of fused-ring (bicyclic) bond motifs is 1. The lowest BCUT2D eigenvalue weighted by Gasteiger charge is -2.23. The zero-order valence-electron chi connectivity index (χ0n) is 7.39. The van der Waals surface area contributed by atoms with Gasteiger partial charge >= 0.3 is 0 Å². The van der Waals surface area contributed by atoms with E-state index >= 15 is 0 Å². The molecule has 1 atom stereocenters. The van der Waals surface area contributed by atoms with Gasteiger partial charge in [-0.15, -0.1) is 0 Å². The Morgan fingerprint density at radius 1 is 1.38 bits per heavy atom. The van der Waals surface area contributed by atoms with Crippen LogP contribution in [0.15, 0.2) is 12.1 Å². The fourth-order valence-corrected chi connectivity index (χ4v) is 2.19. The minimum absolute atomic E-state index is 0.116. The maximum Gasteiger partial charge on any atom is 0.0429 e. The summed E-state index contributed by atoms with van der Waals surface area (Å²) in [4.78, 5) is 0. The highest BCUT2D eigenvalue weighted by Gasteiger charge is 2.18. The summed E-state index contributed by atoms with van der Waals surface area (Å²) in [6.45, 7) is 0. The number of hydrogen-bond donors (Lipinski definition) is 2. The molecule has 1 aromatic carbocycles. The Kier molecular flexibility index (Phi) is 2.18. The van der Waals surface area contributed by atoms with Crippen molar-refractivity contribution in [2.24, 2.45) is 5.73 Å². The first-order valence-electron chi connectivity index (χ1n) is 4.52.